The lowest BCUT2D eigenvalue weighted by molar-refractivity contribution is -0.119. The first kappa shape index (κ1) is 14.2. The molecule has 1 amide bonds. The molecule has 1 aromatic carbocycles. The van der Waals surface area contributed by atoms with E-state index in [0.717, 1.165) is 37.5 Å². The van der Waals surface area contributed by atoms with Crippen molar-refractivity contribution in [2.45, 2.75) is 38.6 Å². The number of hydrogen-bond acceptors (Lipinski definition) is 3. The summed E-state index contributed by atoms with van der Waals surface area (Å²) >= 11 is 0. The SMILES string of the molecule is CC1CCN(c2ccc(NCC(=O)NC3CC3)cc2)CC1. The van der Waals surface area contributed by atoms with E-state index in [0.29, 0.717) is 12.6 Å². The Morgan fingerprint density at radius 1 is 1.14 bits per heavy atom. The van der Waals surface area contributed by atoms with Crippen LogP contribution in [0, 0.1) is 5.92 Å². The van der Waals surface area contributed by atoms with Gasteiger partial charge in [-0.1, -0.05) is 6.92 Å². The van der Waals surface area contributed by atoms with Crippen LogP contribution in [0.2, 0.25) is 0 Å². The van der Waals surface area contributed by atoms with Crippen molar-refractivity contribution < 1.29 is 4.79 Å². The minimum Gasteiger partial charge on any atom is -0.376 e. The third-order valence-corrected chi connectivity index (χ3v) is 4.41. The van der Waals surface area contributed by atoms with Crippen molar-refractivity contribution in [1.82, 2.24) is 5.32 Å². The van der Waals surface area contributed by atoms with Crippen LogP contribution in [0.4, 0.5) is 11.4 Å². The van der Waals surface area contributed by atoms with Gasteiger partial charge in [0, 0.05) is 30.5 Å². The van der Waals surface area contributed by atoms with Crippen LogP contribution in [0.1, 0.15) is 32.6 Å². The summed E-state index contributed by atoms with van der Waals surface area (Å²) in [6.45, 7) is 4.99. The third kappa shape index (κ3) is 4.13. The normalized spacial score (nSPS) is 19.4. The number of rotatable bonds is 5. The van der Waals surface area contributed by atoms with E-state index in [2.05, 4.69) is 46.7 Å². The maximum absolute atomic E-state index is 11.6. The van der Waals surface area contributed by atoms with Crippen LogP contribution in [0.15, 0.2) is 24.3 Å². The molecule has 4 nitrogen and oxygen atoms in total. The van der Waals surface area contributed by atoms with Gasteiger partial charge < -0.3 is 15.5 Å². The zero-order chi connectivity index (χ0) is 14.7. The van der Waals surface area contributed by atoms with E-state index < -0.39 is 0 Å². The van der Waals surface area contributed by atoms with E-state index in [9.17, 15) is 4.79 Å². The molecule has 1 aromatic rings. The molecule has 1 heterocycles. The number of piperidine rings is 1. The minimum absolute atomic E-state index is 0.0894. The molecule has 1 saturated carbocycles. The molecule has 0 unspecified atom stereocenters. The summed E-state index contributed by atoms with van der Waals surface area (Å²) in [5, 5.41) is 6.17. The molecule has 114 valence electrons. The lowest BCUT2D eigenvalue weighted by atomic mass is 9.99. The van der Waals surface area contributed by atoms with E-state index in [4.69, 9.17) is 0 Å². The van der Waals surface area contributed by atoms with E-state index in [1.807, 2.05) is 0 Å². The monoisotopic (exact) mass is 287 g/mol. The second-order valence-electron chi connectivity index (χ2n) is 6.41. The number of nitrogens with one attached hydrogen (secondary N) is 2. The molecule has 0 radical (unpaired) electrons. The molecule has 1 aliphatic carbocycles. The number of nitrogens with zero attached hydrogens (tertiary/aromatic N) is 1. The lowest BCUT2D eigenvalue weighted by Crippen LogP contribution is -2.32. The molecule has 1 saturated heterocycles. The Morgan fingerprint density at radius 3 is 2.43 bits per heavy atom. The van der Waals surface area contributed by atoms with Gasteiger partial charge in [-0.05, 0) is 55.9 Å². The molecule has 2 fully saturated rings. The first-order valence-corrected chi connectivity index (χ1v) is 8.09. The molecule has 2 aliphatic rings. The Labute approximate surface area is 126 Å². The maximum atomic E-state index is 11.6. The quantitative estimate of drug-likeness (QED) is 0.875. The van der Waals surface area contributed by atoms with Crippen molar-refractivity contribution >= 4 is 17.3 Å². The highest BCUT2D eigenvalue weighted by Crippen LogP contribution is 2.24. The summed E-state index contributed by atoms with van der Waals surface area (Å²) in [4.78, 5) is 14.1. The molecular formula is C17H25N3O. The number of anilines is 2. The highest BCUT2D eigenvalue weighted by Gasteiger charge is 2.22. The van der Waals surface area contributed by atoms with Crippen LogP contribution >= 0.6 is 0 Å². The van der Waals surface area contributed by atoms with Crippen molar-refractivity contribution in [3.05, 3.63) is 24.3 Å². The van der Waals surface area contributed by atoms with Gasteiger partial charge in [0.2, 0.25) is 5.91 Å². The van der Waals surface area contributed by atoms with Gasteiger partial charge in [-0.25, -0.2) is 0 Å². The number of amides is 1. The van der Waals surface area contributed by atoms with Gasteiger partial charge in [-0.3, -0.25) is 4.79 Å². The summed E-state index contributed by atoms with van der Waals surface area (Å²) in [7, 11) is 0. The molecular weight excluding hydrogens is 262 g/mol. The first-order valence-electron chi connectivity index (χ1n) is 8.09. The largest absolute Gasteiger partial charge is 0.376 e. The van der Waals surface area contributed by atoms with Crippen molar-refractivity contribution in [2.24, 2.45) is 5.92 Å². The second-order valence-corrected chi connectivity index (χ2v) is 6.41. The number of carbonyl (C=O) groups is 1. The fourth-order valence-electron chi connectivity index (χ4n) is 2.75. The molecule has 3 rings (SSSR count). The average Bonchev–Trinajstić information content (AvgIpc) is 3.30. The Morgan fingerprint density at radius 2 is 1.81 bits per heavy atom. The maximum Gasteiger partial charge on any atom is 0.239 e. The first-order chi connectivity index (χ1) is 10.2. The van der Waals surface area contributed by atoms with Gasteiger partial charge in [-0.15, -0.1) is 0 Å². The zero-order valence-electron chi connectivity index (χ0n) is 12.8. The average molecular weight is 287 g/mol. The van der Waals surface area contributed by atoms with Gasteiger partial charge >= 0.3 is 0 Å². The Kier molecular flexibility index (Phi) is 4.32. The number of carbonyl (C=O) groups excluding carboxylic acids is 1. The summed E-state index contributed by atoms with van der Waals surface area (Å²) in [6, 6.07) is 8.87. The minimum atomic E-state index is 0.0894. The summed E-state index contributed by atoms with van der Waals surface area (Å²) < 4.78 is 0. The second kappa shape index (κ2) is 6.37. The standard InChI is InChI=1S/C17H25N3O/c1-13-8-10-20(11-9-13)16-6-4-14(5-7-16)18-12-17(21)19-15-2-3-15/h4-7,13,15,18H,2-3,8-12H2,1H3,(H,19,21). The molecule has 0 bridgehead atoms. The molecule has 0 atom stereocenters. The smallest absolute Gasteiger partial charge is 0.239 e. The molecule has 4 heteroatoms. The van der Waals surface area contributed by atoms with Crippen LogP contribution < -0.4 is 15.5 Å². The summed E-state index contributed by atoms with van der Waals surface area (Å²) in [5.74, 6) is 0.943. The van der Waals surface area contributed by atoms with Crippen LogP contribution in [-0.2, 0) is 4.79 Å². The van der Waals surface area contributed by atoms with E-state index in [1.165, 1.54) is 18.5 Å². The number of benzene rings is 1. The van der Waals surface area contributed by atoms with Crippen LogP contribution in [-0.4, -0.2) is 31.6 Å². The summed E-state index contributed by atoms with van der Waals surface area (Å²) in [6.07, 6.45) is 4.83. The van der Waals surface area contributed by atoms with Crippen molar-refractivity contribution in [3.8, 4) is 0 Å². The fourth-order valence-corrected chi connectivity index (χ4v) is 2.75. The zero-order valence-corrected chi connectivity index (χ0v) is 12.8. The van der Waals surface area contributed by atoms with E-state index in [1.54, 1.807) is 0 Å². The Balaban J connectivity index is 1.48. The van der Waals surface area contributed by atoms with E-state index >= 15 is 0 Å². The van der Waals surface area contributed by atoms with Gasteiger partial charge in [-0.2, -0.15) is 0 Å². The fraction of sp³-hybridized carbons (Fsp3) is 0.588. The Bertz CT molecular complexity index is 473. The van der Waals surface area contributed by atoms with Crippen LogP contribution in [0.3, 0.4) is 0 Å². The van der Waals surface area contributed by atoms with Gasteiger partial charge in [0.1, 0.15) is 0 Å². The van der Waals surface area contributed by atoms with Crippen molar-refractivity contribution in [2.75, 3.05) is 29.9 Å². The molecule has 21 heavy (non-hydrogen) atoms. The molecule has 0 spiro atoms. The predicted molar refractivity (Wildman–Crippen MR) is 86.7 cm³/mol. The van der Waals surface area contributed by atoms with Gasteiger partial charge in [0.05, 0.1) is 6.54 Å². The lowest BCUT2D eigenvalue weighted by Gasteiger charge is -2.32. The van der Waals surface area contributed by atoms with E-state index in [-0.39, 0.29) is 5.91 Å². The Hall–Kier alpha value is -1.71. The van der Waals surface area contributed by atoms with Crippen LogP contribution in [0.5, 0.6) is 0 Å². The van der Waals surface area contributed by atoms with Gasteiger partial charge in [0.25, 0.3) is 0 Å². The van der Waals surface area contributed by atoms with Crippen molar-refractivity contribution in [1.29, 1.82) is 0 Å². The molecule has 0 aromatic heterocycles. The highest BCUT2D eigenvalue weighted by molar-refractivity contribution is 5.81. The summed E-state index contributed by atoms with van der Waals surface area (Å²) in [5.41, 5.74) is 2.30. The predicted octanol–water partition coefficient (Wildman–Crippen LogP) is 2.61. The molecule has 2 N–H and O–H groups in total. The van der Waals surface area contributed by atoms with Crippen LogP contribution in [0.25, 0.3) is 0 Å². The number of hydrogen-bond donors (Lipinski definition) is 2. The van der Waals surface area contributed by atoms with Gasteiger partial charge in [0.15, 0.2) is 0 Å². The molecule has 1 aliphatic heterocycles. The third-order valence-electron chi connectivity index (χ3n) is 4.41. The van der Waals surface area contributed by atoms with Crippen molar-refractivity contribution in [3.63, 3.8) is 0 Å². The highest BCUT2D eigenvalue weighted by atomic mass is 16.2. The topological polar surface area (TPSA) is 44.4 Å².